The highest BCUT2D eigenvalue weighted by Gasteiger charge is 2.17. The lowest BCUT2D eigenvalue weighted by molar-refractivity contribution is -0.682. The topological polar surface area (TPSA) is 3.88 Å². The highest BCUT2D eigenvalue weighted by atomic mass is 32.1. The molecule has 2 heteroatoms. The van der Waals surface area contributed by atoms with E-state index in [2.05, 4.69) is 80.1 Å². The van der Waals surface area contributed by atoms with Crippen LogP contribution in [0.15, 0.2) is 54.7 Å². The minimum atomic E-state index is 0.987. The molecule has 0 aliphatic heterocycles. The van der Waals surface area contributed by atoms with Crippen molar-refractivity contribution in [2.75, 3.05) is 0 Å². The summed E-state index contributed by atoms with van der Waals surface area (Å²) >= 11 is 1.90. The van der Waals surface area contributed by atoms with Gasteiger partial charge in [-0.2, -0.15) is 4.57 Å². The Morgan fingerprint density at radius 2 is 1.75 bits per heavy atom. The highest BCUT2D eigenvalue weighted by Crippen LogP contribution is 2.37. The molecule has 0 amide bonds. The molecule has 24 heavy (non-hydrogen) atoms. The second kappa shape index (κ2) is 6.03. The van der Waals surface area contributed by atoms with E-state index >= 15 is 0 Å². The fourth-order valence-corrected chi connectivity index (χ4v) is 4.64. The molecule has 0 bridgehead atoms. The smallest absolute Gasteiger partial charge is 0.199 e. The molecule has 0 radical (unpaired) electrons. The second-order valence-electron chi connectivity index (χ2n) is 6.33. The summed E-state index contributed by atoms with van der Waals surface area (Å²) < 4.78 is 5.12. The molecular formula is C22H22NS+. The molecule has 2 aromatic carbocycles. The van der Waals surface area contributed by atoms with Crippen LogP contribution in [0.3, 0.4) is 0 Å². The zero-order valence-electron chi connectivity index (χ0n) is 14.5. The van der Waals surface area contributed by atoms with Crippen molar-refractivity contribution in [2.45, 2.75) is 33.7 Å². The fourth-order valence-electron chi connectivity index (χ4n) is 3.49. The first-order valence-electron chi connectivity index (χ1n) is 8.66. The van der Waals surface area contributed by atoms with Crippen molar-refractivity contribution in [3.63, 3.8) is 0 Å². The molecule has 0 aliphatic carbocycles. The highest BCUT2D eigenvalue weighted by molar-refractivity contribution is 7.25. The van der Waals surface area contributed by atoms with Crippen LogP contribution in [0.1, 0.15) is 25.0 Å². The van der Waals surface area contributed by atoms with Crippen LogP contribution < -0.4 is 4.57 Å². The molecule has 120 valence electrons. The van der Waals surface area contributed by atoms with Gasteiger partial charge in [-0.25, -0.2) is 0 Å². The van der Waals surface area contributed by atoms with Crippen LogP contribution in [0.25, 0.3) is 31.4 Å². The number of benzene rings is 2. The maximum atomic E-state index is 2.41. The van der Waals surface area contributed by atoms with Gasteiger partial charge in [0.05, 0.1) is 5.56 Å². The molecular weight excluding hydrogens is 310 g/mol. The van der Waals surface area contributed by atoms with Gasteiger partial charge in [-0.05, 0) is 49.6 Å². The molecule has 0 aliphatic rings. The molecule has 2 heterocycles. The molecule has 0 saturated heterocycles. The van der Waals surface area contributed by atoms with E-state index in [1.54, 1.807) is 0 Å². The zero-order chi connectivity index (χ0) is 16.7. The van der Waals surface area contributed by atoms with E-state index in [1.165, 1.54) is 42.6 Å². The number of aryl methyl sites for hydroxylation is 3. The van der Waals surface area contributed by atoms with E-state index in [0.29, 0.717) is 0 Å². The molecule has 0 fully saturated rings. The average Bonchev–Trinajstić information content (AvgIpc) is 2.98. The standard InChI is InChI=1S/C22H22NS/c1-4-16-13-22-19(17-8-6-7-9-21(17)24-22)14-18(16)20-12-15(3)10-11-23(20)5-2/h6-14H,4-5H2,1-3H3/q+1. The predicted octanol–water partition coefficient (Wildman–Crippen LogP) is 5.90. The number of fused-ring (bicyclic) bond motifs is 3. The molecule has 0 saturated carbocycles. The molecule has 2 aromatic heterocycles. The summed E-state index contributed by atoms with van der Waals surface area (Å²) in [5.74, 6) is 0. The average molecular weight is 332 g/mol. The van der Waals surface area contributed by atoms with Crippen LogP contribution in [0.2, 0.25) is 0 Å². The fraction of sp³-hybridized carbons (Fsp3) is 0.227. The maximum Gasteiger partial charge on any atom is 0.213 e. The third-order valence-electron chi connectivity index (χ3n) is 4.79. The van der Waals surface area contributed by atoms with Gasteiger partial charge in [0.25, 0.3) is 0 Å². The molecule has 0 unspecified atom stereocenters. The van der Waals surface area contributed by atoms with Crippen LogP contribution in [0.5, 0.6) is 0 Å². The number of thiophene rings is 1. The lowest BCUT2D eigenvalue weighted by Gasteiger charge is -2.09. The number of hydrogen-bond acceptors (Lipinski definition) is 1. The monoisotopic (exact) mass is 332 g/mol. The van der Waals surface area contributed by atoms with E-state index in [0.717, 1.165) is 13.0 Å². The van der Waals surface area contributed by atoms with Crippen molar-refractivity contribution in [1.29, 1.82) is 0 Å². The van der Waals surface area contributed by atoms with E-state index in [4.69, 9.17) is 0 Å². The van der Waals surface area contributed by atoms with Gasteiger partial charge in [0.15, 0.2) is 6.20 Å². The summed E-state index contributed by atoms with van der Waals surface area (Å²) in [6, 6.07) is 18.1. The molecule has 4 aromatic rings. The summed E-state index contributed by atoms with van der Waals surface area (Å²) in [6.45, 7) is 7.63. The SMILES string of the molecule is CCc1cc2sc3ccccc3c2cc1-c1cc(C)cc[n+]1CC. The third kappa shape index (κ3) is 2.42. The van der Waals surface area contributed by atoms with Crippen molar-refractivity contribution in [1.82, 2.24) is 0 Å². The van der Waals surface area contributed by atoms with Crippen LogP contribution in [-0.4, -0.2) is 0 Å². The first-order chi connectivity index (χ1) is 11.7. The Hall–Kier alpha value is -2.19. The summed E-state index contributed by atoms with van der Waals surface area (Å²) in [7, 11) is 0. The number of nitrogens with zero attached hydrogens (tertiary/aromatic N) is 1. The third-order valence-corrected chi connectivity index (χ3v) is 5.92. The van der Waals surface area contributed by atoms with Gasteiger partial charge in [0.1, 0.15) is 6.54 Å². The molecule has 0 atom stereocenters. The Kier molecular flexibility index (Phi) is 3.85. The second-order valence-corrected chi connectivity index (χ2v) is 7.42. The summed E-state index contributed by atoms with van der Waals surface area (Å²) in [5, 5.41) is 2.75. The van der Waals surface area contributed by atoms with Crippen LogP contribution >= 0.6 is 11.3 Å². The van der Waals surface area contributed by atoms with Crippen LogP contribution in [0.4, 0.5) is 0 Å². The summed E-state index contributed by atoms with van der Waals surface area (Å²) in [5.41, 5.74) is 5.44. The van der Waals surface area contributed by atoms with E-state index < -0.39 is 0 Å². The van der Waals surface area contributed by atoms with Crippen molar-refractivity contribution >= 4 is 31.5 Å². The Balaban J connectivity index is 2.07. The maximum absolute atomic E-state index is 2.41. The van der Waals surface area contributed by atoms with Gasteiger partial charge < -0.3 is 0 Å². The number of pyridine rings is 1. The lowest BCUT2D eigenvalue weighted by Crippen LogP contribution is -2.34. The van der Waals surface area contributed by atoms with Gasteiger partial charge in [-0.15, -0.1) is 11.3 Å². The quantitative estimate of drug-likeness (QED) is 0.411. The van der Waals surface area contributed by atoms with E-state index in [9.17, 15) is 0 Å². The first-order valence-corrected chi connectivity index (χ1v) is 9.47. The van der Waals surface area contributed by atoms with E-state index in [1.807, 2.05) is 11.3 Å². The van der Waals surface area contributed by atoms with E-state index in [-0.39, 0.29) is 0 Å². The largest absolute Gasteiger partial charge is 0.213 e. The summed E-state index contributed by atoms with van der Waals surface area (Å²) in [6.07, 6.45) is 3.26. The normalized spacial score (nSPS) is 11.5. The Morgan fingerprint density at radius 1 is 0.917 bits per heavy atom. The van der Waals surface area contributed by atoms with Crippen molar-refractivity contribution in [3.8, 4) is 11.3 Å². The number of rotatable bonds is 3. The van der Waals surface area contributed by atoms with Gasteiger partial charge >= 0.3 is 0 Å². The van der Waals surface area contributed by atoms with Crippen LogP contribution in [-0.2, 0) is 13.0 Å². The molecule has 0 spiro atoms. The first kappa shape index (κ1) is 15.3. The summed E-state index contributed by atoms with van der Waals surface area (Å²) in [4.78, 5) is 0. The van der Waals surface area contributed by atoms with Crippen LogP contribution in [0, 0.1) is 6.92 Å². The van der Waals surface area contributed by atoms with Gasteiger partial charge in [-0.1, -0.05) is 25.1 Å². The van der Waals surface area contributed by atoms with Gasteiger partial charge in [0.2, 0.25) is 5.69 Å². The predicted molar refractivity (Wildman–Crippen MR) is 105 cm³/mol. The minimum absolute atomic E-state index is 0.987. The van der Waals surface area contributed by atoms with Gasteiger partial charge in [-0.3, -0.25) is 0 Å². The van der Waals surface area contributed by atoms with Crippen molar-refractivity contribution < 1.29 is 4.57 Å². The van der Waals surface area contributed by atoms with Crippen molar-refractivity contribution in [3.05, 3.63) is 65.9 Å². The Bertz CT molecular complexity index is 1040. The Labute approximate surface area is 147 Å². The van der Waals surface area contributed by atoms with Crippen molar-refractivity contribution in [2.24, 2.45) is 0 Å². The Morgan fingerprint density at radius 3 is 2.54 bits per heavy atom. The molecule has 4 rings (SSSR count). The number of hydrogen-bond donors (Lipinski definition) is 0. The molecule has 0 N–H and O–H groups in total. The zero-order valence-corrected chi connectivity index (χ0v) is 15.3. The lowest BCUT2D eigenvalue weighted by atomic mass is 9.98. The minimum Gasteiger partial charge on any atom is -0.199 e. The van der Waals surface area contributed by atoms with Gasteiger partial charge in [0, 0.05) is 32.3 Å². The number of aromatic nitrogens is 1. The molecule has 1 nitrogen and oxygen atoms in total.